The minimum atomic E-state index is 0.0689. The maximum absolute atomic E-state index is 12.1. The summed E-state index contributed by atoms with van der Waals surface area (Å²) in [7, 11) is 7.86. The van der Waals surface area contributed by atoms with E-state index in [-0.39, 0.29) is 17.9 Å². The summed E-state index contributed by atoms with van der Waals surface area (Å²) in [6.07, 6.45) is 5.84. The summed E-state index contributed by atoms with van der Waals surface area (Å²) in [4.78, 5) is 20.6. The Kier molecular flexibility index (Phi) is 7.65. The number of hydrogen-bond acceptors (Lipinski definition) is 4. The Hall–Kier alpha value is -2.09. The van der Waals surface area contributed by atoms with Crippen LogP contribution in [0.15, 0.2) is 17.4 Å². The number of aromatic nitrogens is 2. The van der Waals surface area contributed by atoms with Gasteiger partial charge in [-0.1, -0.05) is 13.8 Å². The van der Waals surface area contributed by atoms with Crippen molar-refractivity contribution in [2.75, 3.05) is 40.8 Å². The maximum Gasteiger partial charge on any atom is 0.225 e. The fraction of sp³-hybridized carbons (Fsp3) is 0.737. The zero-order chi connectivity index (χ0) is 20.0. The molecule has 0 radical (unpaired) electrons. The highest BCUT2D eigenvalue weighted by Crippen LogP contribution is 2.16. The highest BCUT2D eigenvalue weighted by atomic mass is 16.2. The van der Waals surface area contributed by atoms with Crippen molar-refractivity contribution in [2.24, 2.45) is 18.0 Å². The lowest BCUT2D eigenvalue weighted by Gasteiger charge is -2.34. The van der Waals surface area contributed by atoms with Crippen LogP contribution in [0.4, 0.5) is 0 Å². The smallest absolute Gasteiger partial charge is 0.225 e. The fourth-order valence-electron chi connectivity index (χ4n) is 3.40. The summed E-state index contributed by atoms with van der Waals surface area (Å²) in [5.74, 6) is 1.13. The second kappa shape index (κ2) is 9.73. The molecule has 2 heterocycles. The average Bonchev–Trinajstić information content (AvgIpc) is 3.06. The summed E-state index contributed by atoms with van der Waals surface area (Å²) in [5.41, 5.74) is 1.17. The molecule has 2 N–H and O–H groups in total. The van der Waals surface area contributed by atoms with Gasteiger partial charge in [-0.25, -0.2) is 0 Å². The molecule has 2 rings (SSSR count). The van der Waals surface area contributed by atoms with Gasteiger partial charge in [-0.15, -0.1) is 0 Å². The number of rotatable bonds is 6. The van der Waals surface area contributed by atoms with Crippen LogP contribution in [0.1, 0.15) is 38.3 Å². The summed E-state index contributed by atoms with van der Waals surface area (Å²) in [6, 6.07) is 0.548. The largest absolute Gasteiger partial charge is 0.354 e. The molecule has 0 saturated carbocycles. The molecule has 1 saturated heterocycles. The van der Waals surface area contributed by atoms with Crippen molar-refractivity contribution < 1.29 is 4.79 Å². The quantitative estimate of drug-likeness (QED) is 0.567. The van der Waals surface area contributed by atoms with Crippen LogP contribution < -0.4 is 10.6 Å². The number of amides is 1. The van der Waals surface area contributed by atoms with E-state index in [0.29, 0.717) is 6.04 Å². The van der Waals surface area contributed by atoms with E-state index < -0.39 is 0 Å². The van der Waals surface area contributed by atoms with Crippen LogP contribution in [0.2, 0.25) is 0 Å². The molecule has 1 atom stereocenters. The lowest BCUT2D eigenvalue weighted by atomic mass is 10.0. The number of hydrogen-bond donors (Lipinski definition) is 2. The highest BCUT2D eigenvalue weighted by Gasteiger charge is 2.25. The first-order chi connectivity index (χ1) is 12.8. The highest BCUT2D eigenvalue weighted by molar-refractivity contribution is 5.80. The summed E-state index contributed by atoms with van der Waals surface area (Å²) in [6.45, 7) is 6.27. The van der Waals surface area contributed by atoms with Gasteiger partial charge in [0.2, 0.25) is 5.91 Å². The van der Waals surface area contributed by atoms with Crippen LogP contribution in [0.3, 0.4) is 0 Å². The van der Waals surface area contributed by atoms with Crippen LogP contribution in [0.5, 0.6) is 0 Å². The summed E-state index contributed by atoms with van der Waals surface area (Å²) < 4.78 is 1.82. The molecule has 0 bridgehead atoms. The first-order valence-electron chi connectivity index (χ1n) is 9.72. The van der Waals surface area contributed by atoms with Gasteiger partial charge in [-0.2, -0.15) is 5.10 Å². The predicted molar refractivity (Wildman–Crippen MR) is 109 cm³/mol. The van der Waals surface area contributed by atoms with Crippen LogP contribution in [-0.2, 0) is 11.8 Å². The maximum atomic E-state index is 12.1. The van der Waals surface area contributed by atoms with E-state index in [9.17, 15) is 4.79 Å². The molecule has 0 aliphatic carbocycles. The van der Waals surface area contributed by atoms with E-state index in [1.807, 2.05) is 42.9 Å². The number of piperidine rings is 1. The zero-order valence-electron chi connectivity index (χ0n) is 17.6. The molecule has 1 aliphatic heterocycles. The van der Waals surface area contributed by atoms with Crippen LogP contribution in [0.25, 0.3) is 0 Å². The molecule has 1 aliphatic rings. The molecular weight excluding hydrogens is 342 g/mol. The fourth-order valence-corrected chi connectivity index (χ4v) is 3.40. The van der Waals surface area contributed by atoms with Gasteiger partial charge < -0.3 is 20.4 Å². The van der Waals surface area contributed by atoms with E-state index in [0.717, 1.165) is 38.4 Å². The van der Waals surface area contributed by atoms with Crippen molar-refractivity contribution in [2.45, 2.75) is 38.8 Å². The van der Waals surface area contributed by atoms with E-state index in [4.69, 9.17) is 0 Å². The first-order valence-corrected chi connectivity index (χ1v) is 9.72. The zero-order valence-corrected chi connectivity index (χ0v) is 17.6. The van der Waals surface area contributed by atoms with Gasteiger partial charge in [0.25, 0.3) is 0 Å². The first kappa shape index (κ1) is 21.2. The molecule has 27 heavy (non-hydrogen) atoms. The predicted octanol–water partition coefficient (Wildman–Crippen LogP) is 0.835. The second-order valence-corrected chi connectivity index (χ2v) is 7.78. The molecule has 1 aromatic heterocycles. The van der Waals surface area contributed by atoms with Crippen LogP contribution in [0, 0.1) is 5.92 Å². The molecule has 1 aromatic rings. The summed E-state index contributed by atoms with van der Waals surface area (Å²) in [5, 5.41) is 11.2. The van der Waals surface area contributed by atoms with Gasteiger partial charge in [-0.05, 0) is 26.9 Å². The monoisotopic (exact) mass is 377 g/mol. The van der Waals surface area contributed by atoms with E-state index in [1.54, 1.807) is 7.05 Å². The van der Waals surface area contributed by atoms with Crippen molar-refractivity contribution in [1.82, 2.24) is 30.2 Å². The normalized spacial score (nSPS) is 17.5. The third-order valence-electron chi connectivity index (χ3n) is 5.06. The second-order valence-electron chi connectivity index (χ2n) is 7.78. The van der Waals surface area contributed by atoms with Gasteiger partial charge in [-0.3, -0.25) is 14.5 Å². The Balaban J connectivity index is 1.84. The number of likely N-dealkylation sites (tertiary alicyclic amines) is 1. The van der Waals surface area contributed by atoms with Crippen LogP contribution in [-0.4, -0.2) is 78.3 Å². The topological polar surface area (TPSA) is 77.8 Å². The Morgan fingerprint density at radius 2 is 2.04 bits per heavy atom. The lowest BCUT2D eigenvalue weighted by Crippen LogP contribution is -2.51. The third-order valence-corrected chi connectivity index (χ3v) is 5.06. The number of aryl methyl sites for hydroxylation is 1. The number of guanidine groups is 1. The standard InChI is InChI=1S/C19H35N7O/c1-14(2)18(27)26-9-7-16(8-10-26)23-19(20-3)21-12-17(24(4)5)15-11-22-25(6)13-15/h11,13-14,16-17H,7-10,12H2,1-6H3,(H2,20,21,23). The molecule has 8 nitrogen and oxygen atoms in total. The number of nitrogens with zero attached hydrogens (tertiary/aromatic N) is 5. The molecule has 1 fully saturated rings. The van der Waals surface area contributed by atoms with Gasteiger partial charge in [0.1, 0.15) is 0 Å². The van der Waals surface area contributed by atoms with E-state index in [1.165, 1.54) is 5.56 Å². The Bertz CT molecular complexity index is 630. The molecule has 0 spiro atoms. The van der Waals surface area contributed by atoms with E-state index in [2.05, 4.69) is 39.7 Å². The number of nitrogens with one attached hydrogen (secondary N) is 2. The summed E-state index contributed by atoms with van der Waals surface area (Å²) >= 11 is 0. The SMILES string of the molecule is CN=C(NCC(c1cnn(C)c1)N(C)C)NC1CCN(C(=O)C(C)C)CC1. The van der Waals surface area contributed by atoms with Gasteiger partial charge in [0.15, 0.2) is 5.96 Å². The Labute approximate surface area is 163 Å². The molecular formula is C19H35N7O. The van der Waals surface area contributed by atoms with Crippen molar-refractivity contribution >= 4 is 11.9 Å². The minimum absolute atomic E-state index is 0.0689. The van der Waals surface area contributed by atoms with Gasteiger partial charge in [0.05, 0.1) is 12.2 Å². The molecule has 1 unspecified atom stereocenters. The molecule has 152 valence electrons. The number of carbonyl (C=O) groups excluding carboxylic acids is 1. The number of carbonyl (C=O) groups is 1. The Morgan fingerprint density at radius 1 is 1.37 bits per heavy atom. The van der Waals surface area contributed by atoms with Gasteiger partial charge in [0, 0.05) is 57.4 Å². The van der Waals surface area contributed by atoms with E-state index >= 15 is 0 Å². The minimum Gasteiger partial charge on any atom is -0.354 e. The van der Waals surface area contributed by atoms with Crippen molar-refractivity contribution in [3.05, 3.63) is 18.0 Å². The van der Waals surface area contributed by atoms with Crippen molar-refractivity contribution in [3.8, 4) is 0 Å². The molecule has 0 aromatic carbocycles. The van der Waals surface area contributed by atoms with Crippen molar-refractivity contribution in [1.29, 1.82) is 0 Å². The number of likely N-dealkylation sites (N-methyl/N-ethyl adjacent to an activating group) is 1. The molecule has 1 amide bonds. The average molecular weight is 378 g/mol. The van der Waals surface area contributed by atoms with Gasteiger partial charge >= 0.3 is 0 Å². The third kappa shape index (κ3) is 5.95. The van der Waals surface area contributed by atoms with Crippen molar-refractivity contribution in [3.63, 3.8) is 0 Å². The Morgan fingerprint density at radius 3 is 2.52 bits per heavy atom. The lowest BCUT2D eigenvalue weighted by molar-refractivity contribution is -0.135. The van der Waals surface area contributed by atoms with Crippen LogP contribution >= 0.6 is 0 Å². The number of aliphatic imine (C=N–C) groups is 1. The molecule has 8 heteroatoms.